The van der Waals surface area contributed by atoms with Gasteiger partial charge in [0.25, 0.3) is 0 Å². The van der Waals surface area contributed by atoms with Gasteiger partial charge in [0.15, 0.2) is 5.96 Å². The molecule has 0 spiro atoms. The number of thiophene rings is 1. The number of guanidine groups is 1. The summed E-state index contributed by atoms with van der Waals surface area (Å²) in [7, 11) is 4.13. The summed E-state index contributed by atoms with van der Waals surface area (Å²) in [4.78, 5) is 6.79. The van der Waals surface area contributed by atoms with E-state index in [1.165, 1.54) is 5.56 Å². The van der Waals surface area contributed by atoms with Crippen LogP contribution in [-0.4, -0.2) is 43.2 Å². The Morgan fingerprint density at radius 3 is 2.37 bits per heavy atom. The quantitative estimate of drug-likeness (QED) is 0.294. The van der Waals surface area contributed by atoms with Gasteiger partial charge < -0.3 is 20.6 Å². The molecule has 0 amide bonds. The van der Waals surface area contributed by atoms with Gasteiger partial charge in [0, 0.05) is 13.1 Å². The fourth-order valence-electron chi connectivity index (χ4n) is 2.56. The fraction of sp³-hybridized carbons (Fsp3) is 0.450. The lowest BCUT2D eigenvalue weighted by Crippen LogP contribution is -2.44. The Hall–Kier alpha value is -1.16. The molecule has 1 heterocycles. The van der Waals surface area contributed by atoms with Crippen LogP contribution in [0, 0.1) is 0 Å². The highest BCUT2D eigenvalue weighted by atomic mass is 127. The van der Waals surface area contributed by atoms with Crippen molar-refractivity contribution in [2.45, 2.75) is 32.5 Å². The highest BCUT2D eigenvalue weighted by molar-refractivity contribution is 14.0. The first-order valence-electron chi connectivity index (χ1n) is 8.90. The minimum atomic E-state index is -0.927. The summed E-state index contributed by atoms with van der Waals surface area (Å²) in [5.74, 6) is 0.709. The standard InChI is InChI=1S/C20H30N4OS.HI/c1-5-21-19(23-15-20(2,25)18-10-11-26-14-18)22-12-16-6-8-17(9-7-16)13-24(3)4;/h6-11,14,25H,5,12-13,15H2,1-4H3,(H2,21,22,23);1H. The van der Waals surface area contributed by atoms with Crippen LogP contribution in [0.15, 0.2) is 46.1 Å². The van der Waals surface area contributed by atoms with Crippen molar-refractivity contribution in [3.63, 3.8) is 0 Å². The first-order chi connectivity index (χ1) is 12.4. The maximum Gasteiger partial charge on any atom is 0.191 e. The van der Waals surface area contributed by atoms with Crippen LogP contribution in [0.1, 0.15) is 30.5 Å². The first kappa shape index (κ1) is 23.9. The highest BCUT2D eigenvalue weighted by Gasteiger charge is 2.23. The van der Waals surface area contributed by atoms with Gasteiger partial charge in [-0.15, -0.1) is 24.0 Å². The van der Waals surface area contributed by atoms with Crippen LogP contribution in [0.2, 0.25) is 0 Å². The van der Waals surface area contributed by atoms with E-state index in [-0.39, 0.29) is 24.0 Å². The van der Waals surface area contributed by atoms with Gasteiger partial charge >= 0.3 is 0 Å². The Bertz CT molecular complexity index is 685. The Balaban J connectivity index is 0.00000364. The van der Waals surface area contributed by atoms with Crippen LogP contribution in [0.3, 0.4) is 0 Å². The number of rotatable bonds is 8. The zero-order valence-corrected chi connectivity index (χ0v) is 19.7. The molecule has 3 N–H and O–H groups in total. The number of nitrogens with one attached hydrogen (secondary N) is 2. The number of nitrogens with zero attached hydrogens (tertiary/aromatic N) is 2. The van der Waals surface area contributed by atoms with Crippen molar-refractivity contribution < 1.29 is 5.11 Å². The molecule has 1 aromatic carbocycles. The average Bonchev–Trinajstić information content (AvgIpc) is 3.14. The van der Waals surface area contributed by atoms with Crippen LogP contribution in [0.4, 0.5) is 0 Å². The van der Waals surface area contributed by atoms with Crippen molar-refractivity contribution in [1.29, 1.82) is 0 Å². The molecular formula is C20H31IN4OS. The molecule has 150 valence electrons. The third kappa shape index (κ3) is 8.16. The number of hydrogen-bond acceptors (Lipinski definition) is 4. The van der Waals surface area contributed by atoms with E-state index in [0.29, 0.717) is 19.0 Å². The molecule has 0 saturated carbocycles. The van der Waals surface area contributed by atoms with Gasteiger partial charge in [-0.1, -0.05) is 24.3 Å². The van der Waals surface area contributed by atoms with Crippen LogP contribution >= 0.6 is 35.3 Å². The van der Waals surface area contributed by atoms with Gasteiger partial charge in [-0.3, -0.25) is 0 Å². The Kier molecular flexibility index (Phi) is 10.3. The van der Waals surface area contributed by atoms with Gasteiger partial charge in [0.1, 0.15) is 5.60 Å². The molecule has 2 aromatic rings. The summed E-state index contributed by atoms with van der Waals surface area (Å²) in [6, 6.07) is 10.5. The molecule has 2 rings (SSSR count). The zero-order chi connectivity index (χ0) is 19.0. The van der Waals surface area contributed by atoms with Crippen LogP contribution in [-0.2, 0) is 18.7 Å². The van der Waals surface area contributed by atoms with Crippen molar-refractivity contribution in [1.82, 2.24) is 15.5 Å². The second-order valence-electron chi connectivity index (χ2n) is 6.89. The van der Waals surface area contributed by atoms with Gasteiger partial charge in [0.2, 0.25) is 0 Å². The molecule has 0 aliphatic heterocycles. The minimum absolute atomic E-state index is 0. The van der Waals surface area contributed by atoms with Crippen molar-refractivity contribution >= 4 is 41.3 Å². The third-order valence-corrected chi connectivity index (χ3v) is 4.71. The molecule has 0 aliphatic rings. The number of hydrogen-bond donors (Lipinski definition) is 3. The molecule has 0 radical (unpaired) electrons. The molecule has 7 heteroatoms. The number of benzene rings is 1. The minimum Gasteiger partial charge on any atom is -0.384 e. The second-order valence-corrected chi connectivity index (χ2v) is 7.67. The van der Waals surface area contributed by atoms with Crippen LogP contribution in [0.25, 0.3) is 0 Å². The van der Waals surface area contributed by atoms with Gasteiger partial charge in [-0.2, -0.15) is 11.3 Å². The van der Waals surface area contributed by atoms with E-state index in [1.54, 1.807) is 11.3 Å². The van der Waals surface area contributed by atoms with Crippen molar-refractivity contribution in [2.75, 3.05) is 27.2 Å². The van der Waals surface area contributed by atoms with Crippen molar-refractivity contribution in [2.24, 2.45) is 4.99 Å². The Morgan fingerprint density at radius 2 is 1.81 bits per heavy atom. The van der Waals surface area contributed by atoms with Crippen molar-refractivity contribution in [3.05, 3.63) is 57.8 Å². The smallest absolute Gasteiger partial charge is 0.191 e. The molecule has 1 atom stereocenters. The third-order valence-electron chi connectivity index (χ3n) is 4.03. The fourth-order valence-corrected chi connectivity index (χ4v) is 3.34. The maximum absolute atomic E-state index is 10.6. The molecule has 27 heavy (non-hydrogen) atoms. The SMILES string of the molecule is CCNC(=NCc1ccc(CN(C)C)cc1)NCC(C)(O)c1ccsc1.I. The number of aliphatic imine (C=N–C) groups is 1. The van der Waals surface area contributed by atoms with Crippen molar-refractivity contribution in [3.8, 4) is 0 Å². The predicted octanol–water partition coefficient (Wildman–Crippen LogP) is 3.39. The molecule has 0 saturated heterocycles. The molecule has 5 nitrogen and oxygen atoms in total. The highest BCUT2D eigenvalue weighted by Crippen LogP contribution is 2.21. The molecular weight excluding hydrogens is 471 g/mol. The lowest BCUT2D eigenvalue weighted by molar-refractivity contribution is 0.0621. The van der Waals surface area contributed by atoms with E-state index in [1.807, 2.05) is 30.7 Å². The molecule has 1 aromatic heterocycles. The topological polar surface area (TPSA) is 59.9 Å². The number of aliphatic hydroxyl groups is 1. The van der Waals surface area contributed by atoms with E-state index in [4.69, 9.17) is 0 Å². The van der Waals surface area contributed by atoms with Crippen LogP contribution in [0.5, 0.6) is 0 Å². The molecule has 0 bridgehead atoms. The predicted molar refractivity (Wildman–Crippen MR) is 126 cm³/mol. The molecule has 1 unspecified atom stereocenters. The normalized spacial score (nSPS) is 13.8. The van der Waals surface area contributed by atoms with E-state index in [0.717, 1.165) is 24.2 Å². The summed E-state index contributed by atoms with van der Waals surface area (Å²) in [6.07, 6.45) is 0. The lowest BCUT2D eigenvalue weighted by atomic mass is 9.99. The maximum atomic E-state index is 10.6. The first-order valence-corrected chi connectivity index (χ1v) is 9.85. The van der Waals surface area contributed by atoms with E-state index >= 15 is 0 Å². The van der Waals surface area contributed by atoms with Gasteiger partial charge in [-0.25, -0.2) is 4.99 Å². The summed E-state index contributed by atoms with van der Waals surface area (Å²) in [5.41, 5.74) is 2.44. The monoisotopic (exact) mass is 502 g/mol. The largest absolute Gasteiger partial charge is 0.384 e. The molecule has 0 fully saturated rings. The van der Waals surface area contributed by atoms with Crippen LogP contribution < -0.4 is 10.6 Å². The Labute approximate surface area is 183 Å². The Morgan fingerprint density at radius 1 is 1.15 bits per heavy atom. The summed E-state index contributed by atoms with van der Waals surface area (Å²) >= 11 is 1.59. The number of halogens is 1. The van der Waals surface area contributed by atoms with E-state index in [2.05, 4.69) is 58.9 Å². The van der Waals surface area contributed by atoms with E-state index in [9.17, 15) is 5.11 Å². The zero-order valence-electron chi connectivity index (χ0n) is 16.5. The van der Waals surface area contributed by atoms with E-state index < -0.39 is 5.60 Å². The molecule has 0 aliphatic carbocycles. The van der Waals surface area contributed by atoms with Gasteiger partial charge in [0.05, 0.1) is 13.1 Å². The second kappa shape index (κ2) is 11.6. The van der Waals surface area contributed by atoms with Gasteiger partial charge in [-0.05, 0) is 61.5 Å². The average molecular weight is 502 g/mol. The lowest BCUT2D eigenvalue weighted by Gasteiger charge is -2.24. The summed E-state index contributed by atoms with van der Waals surface area (Å²) < 4.78 is 0. The summed E-state index contributed by atoms with van der Waals surface area (Å²) in [5, 5.41) is 21.1. The summed E-state index contributed by atoms with van der Waals surface area (Å²) in [6.45, 7) is 6.55.